The summed E-state index contributed by atoms with van der Waals surface area (Å²) in [5.41, 5.74) is 19.6. The van der Waals surface area contributed by atoms with Crippen LogP contribution in [0.1, 0.15) is 0 Å². The quantitative estimate of drug-likeness (QED) is 0.177. The highest BCUT2D eigenvalue weighted by Crippen LogP contribution is 2.51. The van der Waals surface area contributed by atoms with E-state index in [2.05, 4.69) is 192 Å². The van der Waals surface area contributed by atoms with E-state index in [1.807, 2.05) is 0 Å². The van der Waals surface area contributed by atoms with Crippen LogP contribution in [0.15, 0.2) is 182 Å². The summed E-state index contributed by atoms with van der Waals surface area (Å²) >= 11 is 0. The molecule has 0 amide bonds. The van der Waals surface area contributed by atoms with Gasteiger partial charge in [0, 0.05) is 45.6 Å². The largest absolute Gasteiger partial charge is 0.458 e. The lowest BCUT2D eigenvalue weighted by atomic mass is 9.29. The highest BCUT2D eigenvalue weighted by Gasteiger charge is 2.51. The van der Waals surface area contributed by atoms with Crippen molar-refractivity contribution in [3.8, 4) is 33.8 Å². The number of anilines is 6. The minimum absolute atomic E-state index is 0.0392. The van der Waals surface area contributed by atoms with E-state index in [0.717, 1.165) is 22.9 Å². The molecule has 5 heteroatoms. The Labute approximate surface area is 309 Å². The van der Waals surface area contributed by atoms with E-state index in [-0.39, 0.29) is 13.4 Å². The lowest BCUT2D eigenvalue weighted by Gasteiger charge is -2.49. The molecule has 8 aromatic carbocycles. The fourth-order valence-corrected chi connectivity index (χ4v) is 9.66. The summed E-state index contributed by atoms with van der Waals surface area (Å²) in [5.74, 6) is 1.84. The second-order valence-corrected chi connectivity index (χ2v) is 14.4. The first-order valence-electron chi connectivity index (χ1n) is 18.4. The van der Waals surface area contributed by atoms with Gasteiger partial charge in [0.1, 0.15) is 11.5 Å². The van der Waals surface area contributed by atoms with Crippen LogP contribution < -0.4 is 47.3 Å². The number of nitrogens with zero attached hydrogens (tertiary/aromatic N) is 2. The summed E-state index contributed by atoms with van der Waals surface area (Å²) in [6.45, 7) is 0.0908. The summed E-state index contributed by atoms with van der Waals surface area (Å²) in [6.07, 6.45) is 0. The lowest BCUT2D eigenvalue weighted by molar-refractivity contribution is 0.488. The third-order valence-electron chi connectivity index (χ3n) is 11.7. The molecule has 0 atom stereocenters. The van der Waals surface area contributed by atoms with E-state index in [4.69, 9.17) is 4.74 Å². The van der Waals surface area contributed by atoms with Gasteiger partial charge in [0.15, 0.2) is 0 Å². The number of benzene rings is 8. The molecule has 0 saturated carbocycles. The minimum Gasteiger partial charge on any atom is -0.458 e. The fourth-order valence-electron chi connectivity index (χ4n) is 9.66. The highest BCUT2D eigenvalue weighted by molar-refractivity contribution is 7.04. The monoisotopic (exact) mass is 672 g/mol. The summed E-state index contributed by atoms with van der Waals surface area (Å²) in [7, 11) is 0. The maximum absolute atomic E-state index is 7.05. The fraction of sp³-hybridized carbons (Fsp3) is 0. The lowest BCUT2D eigenvalue weighted by Crippen LogP contribution is -2.67. The van der Waals surface area contributed by atoms with Gasteiger partial charge in [0.25, 0.3) is 13.4 Å². The normalized spacial score (nSPS) is 13.7. The van der Waals surface area contributed by atoms with Gasteiger partial charge < -0.3 is 14.5 Å². The Bertz CT molecular complexity index is 2730. The molecule has 4 aliphatic rings. The second kappa shape index (κ2) is 10.9. The zero-order valence-electron chi connectivity index (χ0n) is 28.8. The van der Waals surface area contributed by atoms with Crippen LogP contribution in [-0.4, -0.2) is 13.4 Å². The van der Waals surface area contributed by atoms with Crippen molar-refractivity contribution in [1.82, 2.24) is 0 Å². The Hall–Kier alpha value is -6.71. The zero-order valence-corrected chi connectivity index (χ0v) is 28.8. The molecule has 0 unspecified atom stereocenters. The van der Waals surface area contributed by atoms with Gasteiger partial charge in [-0.25, -0.2) is 0 Å². The van der Waals surface area contributed by atoms with Gasteiger partial charge in [-0.05, 0) is 68.2 Å². The standard InChI is InChI=1S/C48H30B2N2O/c1-3-16-31(17-4-1)33-20-15-21-34(32-18-5-2-6-19-32)47(33)52-41-28-13-8-23-36(41)49-35-22-7-11-26-39(35)51-40-27-12-9-24-37(40)50-38-25-10-14-29-43(38)53-44-30-42(52)45(49)48(51)46(44)50/h1-30H. The van der Waals surface area contributed by atoms with Gasteiger partial charge in [-0.15, -0.1) is 0 Å². The van der Waals surface area contributed by atoms with Crippen molar-refractivity contribution < 1.29 is 4.74 Å². The number of fused-ring (bicyclic) bond motifs is 10. The van der Waals surface area contributed by atoms with E-state index in [9.17, 15) is 0 Å². The molecular formula is C48H30B2N2O. The number of ether oxygens (including phenoxy) is 1. The van der Waals surface area contributed by atoms with Gasteiger partial charge in [0.05, 0.1) is 5.69 Å². The van der Waals surface area contributed by atoms with Gasteiger partial charge in [-0.1, -0.05) is 152 Å². The van der Waals surface area contributed by atoms with Crippen molar-refractivity contribution in [2.45, 2.75) is 0 Å². The predicted molar refractivity (Wildman–Crippen MR) is 223 cm³/mol. The summed E-state index contributed by atoms with van der Waals surface area (Å²) < 4.78 is 7.05. The van der Waals surface area contributed by atoms with Crippen LogP contribution in [0.2, 0.25) is 0 Å². The molecule has 4 aliphatic heterocycles. The van der Waals surface area contributed by atoms with E-state index in [0.29, 0.717) is 0 Å². The highest BCUT2D eigenvalue weighted by atomic mass is 16.5. The average molecular weight is 672 g/mol. The molecule has 53 heavy (non-hydrogen) atoms. The molecule has 8 aromatic rings. The summed E-state index contributed by atoms with van der Waals surface area (Å²) in [4.78, 5) is 5.09. The summed E-state index contributed by atoms with van der Waals surface area (Å²) in [6, 6.07) is 66.5. The van der Waals surface area contributed by atoms with E-state index >= 15 is 0 Å². The van der Waals surface area contributed by atoms with E-state index < -0.39 is 0 Å². The number of rotatable bonds is 3. The minimum atomic E-state index is 0.0392. The first-order chi connectivity index (χ1) is 26.3. The first-order valence-corrected chi connectivity index (χ1v) is 18.4. The molecule has 0 aromatic heterocycles. The maximum atomic E-state index is 7.05. The SMILES string of the molecule is c1ccc(-c2cccc(-c3ccccc3)c2N2c3ccccc3B3c4ccccc4N4c5ccccc5B5c6ccccc6Oc6cc2c3c4c65)cc1. The molecule has 0 aliphatic carbocycles. The van der Waals surface area contributed by atoms with Crippen LogP contribution in [0.3, 0.4) is 0 Å². The zero-order chi connectivity index (χ0) is 34.6. The van der Waals surface area contributed by atoms with Gasteiger partial charge in [-0.2, -0.15) is 0 Å². The van der Waals surface area contributed by atoms with Crippen LogP contribution in [-0.2, 0) is 0 Å². The van der Waals surface area contributed by atoms with E-state index in [1.54, 1.807) is 0 Å². The van der Waals surface area contributed by atoms with E-state index in [1.165, 1.54) is 77.8 Å². The van der Waals surface area contributed by atoms with Crippen molar-refractivity contribution in [3.63, 3.8) is 0 Å². The predicted octanol–water partition coefficient (Wildman–Crippen LogP) is 8.04. The van der Waals surface area contributed by atoms with Crippen LogP contribution in [0.4, 0.5) is 34.1 Å². The van der Waals surface area contributed by atoms with Crippen molar-refractivity contribution >= 4 is 80.3 Å². The molecule has 3 nitrogen and oxygen atoms in total. The third-order valence-corrected chi connectivity index (χ3v) is 11.7. The van der Waals surface area contributed by atoms with Crippen LogP contribution >= 0.6 is 0 Å². The summed E-state index contributed by atoms with van der Waals surface area (Å²) in [5, 5.41) is 0. The Balaban J connectivity index is 1.25. The first kappa shape index (κ1) is 28.9. The smallest absolute Gasteiger partial charge is 0.256 e. The third kappa shape index (κ3) is 3.91. The van der Waals surface area contributed by atoms with Crippen molar-refractivity contribution in [2.24, 2.45) is 0 Å². The van der Waals surface area contributed by atoms with Gasteiger partial charge in [-0.3, -0.25) is 0 Å². The molecule has 0 N–H and O–H groups in total. The number of hydrogen-bond acceptors (Lipinski definition) is 3. The Kier molecular flexibility index (Phi) is 5.95. The molecule has 0 spiro atoms. The molecular weight excluding hydrogens is 642 g/mol. The van der Waals surface area contributed by atoms with Crippen LogP contribution in [0, 0.1) is 0 Å². The van der Waals surface area contributed by atoms with Gasteiger partial charge >= 0.3 is 0 Å². The second-order valence-electron chi connectivity index (χ2n) is 14.4. The molecule has 0 radical (unpaired) electrons. The van der Waals surface area contributed by atoms with Crippen LogP contribution in [0.25, 0.3) is 22.3 Å². The molecule has 12 rings (SSSR count). The molecule has 244 valence electrons. The Morgan fingerprint density at radius 2 is 0.792 bits per heavy atom. The van der Waals surface area contributed by atoms with Crippen molar-refractivity contribution in [3.05, 3.63) is 182 Å². The Morgan fingerprint density at radius 3 is 1.36 bits per heavy atom. The number of para-hydroxylation sites is 5. The van der Waals surface area contributed by atoms with Crippen molar-refractivity contribution in [2.75, 3.05) is 9.80 Å². The molecule has 4 heterocycles. The van der Waals surface area contributed by atoms with Crippen LogP contribution in [0.5, 0.6) is 11.5 Å². The van der Waals surface area contributed by atoms with Crippen molar-refractivity contribution in [1.29, 1.82) is 0 Å². The van der Waals surface area contributed by atoms with Gasteiger partial charge in [0.2, 0.25) is 0 Å². The Morgan fingerprint density at radius 1 is 0.340 bits per heavy atom. The molecule has 0 fully saturated rings. The molecule has 0 bridgehead atoms. The average Bonchev–Trinajstić information content (AvgIpc) is 3.23. The molecule has 0 saturated heterocycles. The number of hydrogen-bond donors (Lipinski definition) is 0. The maximum Gasteiger partial charge on any atom is 0.256 e. The topological polar surface area (TPSA) is 15.7 Å².